The third kappa shape index (κ3) is 8.26. The van der Waals surface area contributed by atoms with E-state index in [0.717, 1.165) is 11.1 Å². The Labute approximate surface area is 288 Å². The van der Waals surface area contributed by atoms with Crippen molar-refractivity contribution in [2.45, 2.75) is 44.9 Å². The van der Waals surface area contributed by atoms with Gasteiger partial charge in [0.25, 0.3) is 0 Å². The molecule has 0 bridgehead atoms. The van der Waals surface area contributed by atoms with E-state index >= 15 is 0 Å². The average Bonchev–Trinajstić information content (AvgIpc) is 3.42. The highest BCUT2D eigenvalue weighted by Crippen LogP contribution is 2.50. The zero-order valence-electron chi connectivity index (χ0n) is 28.0. The Morgan fingerprint density at radius 2 is 1.82 bits per heavy atom. The first-order valence-electron chi connectivity index (χ1n) is 15.7. The molecule has 0 aliphatic heterocycles. The van der Waals surface area contributed by atoms with Gasteiger partial charge in [-0.15, -0.1) is 5.10 Å². The molecule has 2 amide bonds. The van der Waals surface area contributed by atoms with E-state index in [2.05, 4.69) is 31.1 Å². The lowest BCUT2D eigenvalue weighted by Crippen LogP contribution is -2.36. The Bertz CT molecular complexity index is 1850. The molecule has 1 aliphatic rings. The molecule has 0 saturated carbocycles. The standard InChI is InChI=1S/C35H40N6O7S/c1-20(42)36-25-13-11-21-17-29(45-2)32(46-3)33(47-4)31(21)23-12-14-26(28(43)18-24(23)25)37-27(15-16-49-5)34(44)39-35-38-30(40-41-35)19-48-22-9-7-6-8-10-22/h6-10,12,14,17-18,25,27H,11,13,15-16,19H2,1-5H3,(H,36,42)(H,37,43)(H2,38,39,40,41,44)/t25-,27-/m0/s1. The number of nitrogens with zero attached hydrogens (tertiary/aromatic N) is 2. The molecular formula is C35H40N6O7S. The van der Waals surface area contributed by atoms with Crippen molar-refractivity contribution in [1.82, 2.24) is 20.5 Å². The van der Waals surface area contributed by atoms with Gasteiger partial charge in [0.05, 0.1) is 33.1 Å². The van der Waals surface area contributed by atoms with Gasteiger partial charge in [0.1, 0.15) is 18.4 Å². The smallest absolute Gasteiger partial charge is 0.249 e. The Kier molecular flexibility index (Phi) is 11.6. The molecule has 1 aliphatic carbocycles. The number of nitrogens with one attached hydrogen (secondary N) is 4. The minimum atomic E-state index is -0.790. The first kappa shape index (κ1) is 35.1. The molecule has 4 N–H and O–H groups in total. The van der Waals surface area contributed by atoms with Gasteiger partial charge in [0, 0.05) is 12.5 Å². The van der Waals surface area contributed by atoms with Gasteiger partial charge in [0.2, 0.25) is 28.9 Å². The molecule has 0 saturated heterocycles. The van der Waals surface area contributed by atoms with Crippen LogP contribution in [0.15, 0.2) is 59.4 Å². The second-order valence-electron chi connectivity index (χ2n) is 11.3. The van der Waals surface area contributed by atoms with E-state index < -0.39 is 18.0 Å². The Balaban J connectivity index is 1.47. The third-order valence-electron chi connectivity index (χ3n) is 8.06. The lowest BCUT2D eigenvalue weighted by Gasteiger charge is -2.19. The van der Waals surface area contributed by atoms with Crippen LogP contribution < -0.4 is 40.3 Å². The van der Waals surface area contributed by atoms with Gasteiger partial charge in [-0.1, -0.05) is 24.3 Å². The number of anilines is 2. The number of thioether (sulfide) groups is 1. The van der Waals surface area contributed by atoms with Gasteiger partial charge in [-0.3, -0.25) is 24.8 Å². The number of amides is 2. The van der Waals surface area contributed by atoms with Crippen LogP contribution in [0, 0.1) is 0 Å². The Hall–Kier alpha value is -5.24. The Morgan fingerprint density at radius 1 is 1.04 bits per heavy atom. The lowest BCUT2D eigenvalue weighted by atomic mass is 9.95. The molecule has 4 aromatic rings. The van der Waals surface area contributed by atoms with Crippen molar-refractivity contribution < 1.29 is 28.5 Å². The zero-order chi connectivity index (χ0) is 34.9. The number of ether oxygens (including phenoxy) is 4. The van der Waals surface area contributed by atoms with E-state index in [1.165, 1.54) is 20.1 Å². The summed E-state index contributed by atoms with van der Waals surface area (Å²) in [5.74, 6) is 2.59. The van der Waals surface area contributed by atoms with Crippen molar-refractivity contribution in [3.8, 4) is 34.1 Å². The maximum Gasteiger partial charge on any atom is 0.249 e. The molecule has 49 heavy (non-hydrogen) atoms. The van der Waals surface area contributed by atoms with Crippen molar-refractivity contribution >= 4 is 35.2 Å². The first-order valence-corrected chi connectivity index (χ1v) is 17.1. The summed E-state index contributed by atoms with van der Waals surface area (Å²) in [7, 11) is 4.64. The molecule has 0 unspecified atom stereocenters. The summed E-state index contributed by atoms with van der Waals surface area (Å²) in [5.41, 5.74) is 2.81. The number of aromatic amines is 1. The normalized spacial score (nSPS) is 13.9. The van der Waals surface area contributed by atoms with E-state index in [4.69, 9.17) is 18.9 Å². The van der Waals surface area contributed by atoms with Crippen LogP contribution in [0.4, 0.5) is 11.6 Å². The number of aryl methyl sites for hydroxylation is 1. The summed E-state index contributed by atoms with van der Waals surface area (Å²) < 4.78 is 22.9. The summed E-state index contributed by atoms with van der Waals surface area (Å²) in [5, 5.41) is 15.8. The number of fused-ring (bicyclic) bond motifs is 3. The zero-order valence-corrected chi connectivity index (χ0v) is 28.9. The molecule has 0 radical (unpaired) electrons. The average molecular weight is 689 g/mol. The van der Waals surface area contributed by atoms with Crippen LogP contribution in [0.5, 0.6) is 23.0 Å². The number of para-hydroxylation sites is 1. The van der Waals surface area contributed by atoms with Crippen molar-refractivity contribution in [3.05, 3.63) is 81.8 Å². The van der Waals surface area contributed by atoms with Gasteiger partial charge in [-0.05, 0) is 78.3 Å². The highest BCUT2D eigenvalue weighted by molar-refractivity contribution is 7.98. The van der Waals surface area contributed by atoms with E-state index in [9.17, 15) is 14.4 Å². The number of H-pyrrole nitrogens is 1. The molecule has 258 valence electrons. The van der Waals surface area contributed by atoms with Crippen LogP contribution in [0.3, 0.4) is 0 Å². The minimum absolute atomic E-state index is 0.0894. The fourth-order valence-corrected chi connectivity index (χ4v) is 6.27. The molecule has 1 heterocycles. The molecule has 3 aromatic carbocycles. The van der Waals surface area contributed by atoms with Crippen LogP contribution in [0.2, 0.25) is 0 Å². The fourth-order valence-electron chi connectivity index (χ4n) is 5.80. The quantitative estimate of drug-likeness (QED) is 0.145. The van der Waals surface area contributed by atoms with Gasteiger partial charge in [-0.25, -0.2) is 0 Å². The maximum atomic E-state index is 13.9. The first-order chi connectivity index (χ1) is 23.8. The minimum Gasteiger partial charge on any atom is -0.493 e. The van der Waals surface area contributed by atoms with E-state index in [1.54, 1.807) is 32.0 Å². The number of methoxy groups -OCH3 is 3. The van der Waals surface area contributed by atoms with E-state index in [1.807, 2.05) is 48.7 Å². The monoisotopic (exact) mass is 688 g/mol. The van der Waals surface area contributed by atoms with Crippen molar-refractivity contribution in [1.29, 1.82) is 0 Å². The van der Waals surface area contributed by atoms with Crippen LogP contribution >= 0.6 is 11.8 Å². The number of rotatable bonds is 14. The topological polar surface area (TPSA) is 166 Å². The molecule has 14 heteroatoms. The summed E-state index contributed by atoms with van der Waals surface area (Å²) in [6.45, 7) is 1.58. The number of hydrogen-bond acceptors (Lipinski definition) is 11. The molecule has 2 atom stereocenters. The Morgan fingerprint density at radius 3 is 2.51 bits per heavy atom. The lowest BCUT2D eigenvalue weighted by molar-refractivity contribution is -0.120. The summed E-state index contributed by atoms with van der Waals surface area (Å²) in [6.07, 6.45) is 3.46. The SMILES string of the molecule is COc1cc2c(c(OC)c1OC)-c1ccc(N[C@@H](CCSC)C(=O)Nc3n[nH]c(COc4ccccc4)n3)c(=O)cc1[C@@H](NC(C)=O)CC2. The predicted octanol–water partition coefficient (Wildman–Crippen LogP) is 4.73. The number of aromatic nitrogens is 3. The number of benzene rings is 2. The second kappa shape index (κ2) is 16.2. The van der Waals surface area contributed by atoms with Crippen LogP contribution in [0.1, 0.15) is 42.8 Å². The van der Waals surface area contributed by atoms with Crippen molar-refractivity contribution in [2.75, 3.05) is 44.0 Å². The van der Waals surface area contributed by atoms with Gasteiger partial charge in [0.15, 0.2) is 17.3 Å². The fraction of sp³-hybridized carbons (Fsp3) is 0.343. The van der Waals surface area contributed by atoms with Gasteiger partial charge >= 0.3 is 0 Å². The van der Waals surface area contributed by atoms with Crippen molar-refractivity contribution in [2.24, 2.45) is 0 Å². The molecule has 13 nitrogen and oxygen atoms in total. The highest BCUT2D eigenvalue weighted by Gasteiger charge is 2.30. The third-order valence-corrected chi connectivity index (χ3v) is 8.70. The highest BCUT2D eigenvalue weighted by atomic mass is 32.2. The largest absolute Gasteiger partial charge is 0.493 e. The van der Waals surface area contributed by atoms with Gasteiger partial charge in [-0.2, -0.15) is 16.7 Å². The number of carbonyl (C=O) groups excluding carboxylic acids is 2. The number of hydrogen-bond donors (Lipinski definition) is 4. The van der Waals surface area contributed by atoms with Crippen LogP contribution in [-0.2, 0) is 22.6 Å². The summed E-state index contributed by atoms with van der Waals surface area (Å²) in [6, 6.07) is 14.9. The van der Waals surface area contributed by atoms with E-state index in [-0.39, 0.29) is 29.6 Å². The molecule has 0 fully saturated rings. The van der Waals surface area contributed by atoms with Gasteiger partial charge < -0.3 is 29.6 Å². The summed E-state index contributed by atoms with van der Waals surface area (Å²) in [4.78, 5) is 44.1. The maximum absolute atomic E-state index is 13.9. The van der Waals surface area contributed by atoms with E-state index in [0.29, 0.717) is 65.0 Å². The second-order valence-corrected chi connectivity index (χ2v) is 12.3. The van der Waals surface area contributed by atoms with Crippen molar-refractivity contribution in [3.63, 3.8) is 0 Å². The summed E-state index contributed by atoms with van der Waals surface area (Å²) >= 11 is 1.58. The molecule has 5 rings (SSSR count). The van der Waals surface area contributed by atoms with Crippen LogP contribution in [-0.4, -0.2) is 66.4 Å². The molecular weight excluding hydrogens is 648 g/mol. The molecule has 1 aromatic heterocycles. The predicted molar refractivity (Wildman–Crippen MR) is 189 cm³/mol. The van der Waals surface area contributed by atoms with Crippen LogP contribution in [0.25, 0.3) is 11.1 Å². The number of carbonyl (C=O) groups is 2. The molecule has 0 spiro atoms.